The highest BCUT2D eigenvalue weighted by Gasteiger charge is 2.06. The molecule has 1 aromatic heterocycles. The molecule has 8 heteroatoms. The molecule has 0 saturated carbocycles. The topological polar surface area (TPSA) is 62.7 Å². The Morgan fingerprint density at radius 1 is 0.917 bits per heavy atom. The van der Waals surface area contributed by atoms with Crippen LogP contribution >= 0.6 is 34.8 Å². The van der Waals surface area contributed by atoms with Crippen LogP contribution in [-0.4, -0.2) is 15.2 Å². The fourth-order valence-corrected chi connectivity index (χ4v) is 2.55. The van der Waals surface area contributed by atoms with Gasteiger partial charge in [0.2, 0.25) is 5.95 Å². The van der Waals surface area contributed by atoms with Gasteiger partial charge in [-0.05, 0) is 48.9 Å². The van der Waals surface area contributed by atoms with E-state index in [1.165, 1.54) is 6.20 Å². The van der Waals surface area contributed by atoms with Gasteiger partial charge in [-0.1, -0.05) is 34.8 Å². The quantitative estimate of drug-likeness (QED) is 0.614. The summed E-state index contributed by atoms with van der Waals surface area (Å²) in [4.78, 5) is 4.37. The monoisotopic (exact) mass is 379 g/mol. The fourth-order valence-electron chi connectivity index (χ4n) is 2.03. The lowest BCUT2D eigenvalue weighted by Crippen LogP contribution is -2.03. The van der Waals surface area contributed by atoms with Crippen molar-refractivity contribution in [2.45, 2.75) is 6.92 Å². The summed E-state index contributed by atoms with van der Waals surface area (Å²) in [5.74, 6) is 0.892. The van der Waals surface area contributed by atoms with Gasteiger partial charge in [0, 0.05) is 16.4 Å². The Balaban J connectivity index is 1.79. The average molecular weight is 381 g/mol. The van der Waals surface area contributed by atoms with Crippen molar-refractivity contribution in [3.05, 3.63) is 63.2 Å². The van der Waals surface area contributed by atoms with Gasteiger partial charge in [-0.25, -0.2) is 0 Å². The number of benzene rings is 2. The SMILES string of the molecule is Cc1cc(Cl)ccc1Nc1nncc(Nc2ccc(Cl)c(Cl)c2)n1. The molecule has 3 aromatic rings. The number of nitrogens with zero attached hydrogens (tertiary/aromatic N) is 3. The molecule has 0 aliphatic heterocycles. The van der Waals surface area contributed by atoms with E-state index in [2.05, 4.69) is 25.8 Å². The van der Waals surface area contributed by atoms with Crippen molar-refractivity contribution in [3.63, 3.8) is 0 Å². The molecule has 5 nitrogen and oxygen atoms in total. The third kappa shape index (κ3) is 4.06. The maximum Gasteiger partial charge on any atom is 0.249 e. The zero-order valence-corrected chi connectivity index (χ0v) is 14.8. The molecule has 0 aliphatic carbocycles. The van der Waals surface area contributed by atoms with Crippen LogP contribution in [0.4, 0.5) is 23.1 Å². The largest absolute Gasteiger partial charge is 0.339 e. The highest BCUT2D eigenvalue weighted by molar-refractivity contribution is 6.42. The highest BCUT2D eigenvalue weighted by Crippen LogP contribution is 2.27. The predicted molar refractivity (Wildman–Crippen MR) is 99.0 cm³/mol. The summed E-state index contributed by atoms with van der Waals surface area (Å²) in [5, 5.41) is 15.8. The molecule has 24 heavy (non-hydrogen) atoms. The normalized spacial score (nSPS) is 10.5. The number of nitrogens with one attached hydrogen (secondary N) is 2. The van der Waals surface area contributed by atoms with Crippen LogP contribution in [0.15, 0.2) is 42.6 Å². The van der Waals surface area contributed by atoms with Gasteiger partial charge in [-0.3, -0.25) is 0 Å². The van der Waals surface area contributed by atoms with Crippen LogP contribution < -0.4 is 10.6 Å². The Bertz CT molecular complexity index is 885. The van der Waals surface area contributed by atoms with Gasteiger partial charge in [0.25, 0.3) is 0 Å². The van der Waals surface area contributed by atoms with Gasteiger partial charge in [-0.15, -0.1) is 5.10 Å². The van der Waals surface area contributed by atoms with E-state index in [1.54, 1.807) is 24.3 Å². The minimum absolute atomic E-state index is 0.366. The maximum absolute atomic E-state index is 6.01. The molecule has 0 amide bonds. The highest BCUT2D eigenvalue weighted by atomic mass is 35.5. The van der Waals surface area contributed by atoms with E-state index < -0.39 is 0 Å². The third-order valence-electron chi connectivity index (χ3n) is 3.19. The number of hydrogen-bond acceptors (Lipinski definition) is 5. The van der Waals surface area contributed by atoms with Gasteiger partial charge in [-0.2, -0.15) is 10.1 Å². The first-order valence-corrected chi connectivity index (χ1v) is 8.09. The van der Waals surface area contributed by atoms with E-state index in [0.717, 1.165) is 16.9 Å². The van der Waals surface area contributed by atoms with Crippen molar-refractivity contribution < 1.29 is 0 Å². The number of anilines is 4. The van der Waals surface area contributed by atoms with Crippen molar-refractivity contribution >= 4 is 57.9 Å². The molecular formula is C16H12Cl3N5. The smallest absolute Gasteiger partial charge is 0.249 e. The first kappa shape index (κ1) is 16.8. The van der Waals surface area contributed by atoms with E-state index >= 15 is 0 Å². The predicted octanol–water partition coefficient (Wildman–Crippen LogP) is 5.63. The second-order valence-corrected chi connectivity index (χ2v) is 6.25. The first-order valence-electron chi connectivity index (χ1n) is 6.96. The summed E-state index contributed by atoms with van der Waals surface area (Å²) in [7, 11) is 0. The summed E-state index contributed by atoms with van der Waals surface area (Å²) in [6.07, 6.45) is 1.52. The third-order valence-corrected chi connectivity index (χ3v) is 4.16. The van der Waals surface area contributed by atoms with Crippen LogP contribution in [0.3, 0.4) is 0 Å². The molecule has 2 N–H and O–H groups in total. The molecule has 0 aliphatic rings. The van der Waals surface area contributed by atoms with Gasteiger partial charge in [0.05, 0.1) is 16.2 Å². The van der Waals surface area contributed by atoms with Crippen LogP contribution in [-0.2, 0) is 0 Å². The standard InChI is InChI=1S/C16H12Cl3N5/c1-9-6-10(17)2-5-14(9)22-16-23-15(8-20-24-16)21-11-3-4-12(18)13(19)7-11/h2-8H,1H3,(H2,21,22,23,24). The molecular weight excluding hydrogens is 369 g/mol. The van der Waals surface area contributed by atoms with Crippen LogP contribution in [0.1, 0.15) is 5.56 Å². The molecule has 2 aromatic carbocycles. The fraction of sp³-hybridized carbons (Fsp3) is 0.0625. The number of aromatic nitrogens is 3. The van der Waals surface area contributed by atoms with Crippen molar-refractivity contribution in [1.29, 1.82) is 0 Å². The van der Waals surface area contributed by atoms with Crippen molar-refractivity contribution in [1.82, 2.24) is 15.2 Å². The lowest BCUT2D eigenvalue weighted by Gasteiger charge is -2.10. The zero-order chi connectivity index (χ0) is 17.1. The molecule has 0 bridgehead atoms. The zero-order valence-electron chi connectivity index (χ0n) is 12.5. The molecule has 0 spiro atoms. The lowest BCUT2D eigenvalue weighted by atomic mass is 10.2. The Hall–Kier alpha value is -2.08. The van der Waals surface area contributed by atoms with Crippen LogP contribution in [0.25, 0.3) is 0 Å². The van der Waals surface area contributed by atoms with Crippen LogP contribution in [0.5, 0.6) is 0 Å². The van der Waals surface area contributed by atoms with Crippen molar-refractivity contribution in [2.24, 2.45) is 0 Å². The van der Waals surface area contributed by atoms with Crippen LogP contribution in [0.2, 0.25) is 15.1 Å². The summed E-state index contributed by atoms with van der Waals surface area (Å²) in [6.45, 7) is 1.94. The van der Waals surface area contributed by atoms with Crippen molar-refractivity contribution in [3.8, 4) is 0 Å². The van der Waals surface area contributed by atoms with Gasteiger partial charge >= 0.3 is 0 Å². The lowest BCUT2D eigenvalue weighted by molar-refractivity contribution is 0.982. The second-order valence-electron chi connectivity index (χ2n) is 5.00. The van der Waals surface area contributed by atoms with Gasteiger partial charge in [0.1, 0.15) is 0 Å². The van der Waals surface area contributed by atoms with E-state index in [-0.39, 0.29) is 0 Å². The molecule has 0 atom stereocenters. The Morgan fingerprint density at radius 3 is 2.50 bits per heavy atom. The molecule has 122 valence electrons. The average Bonchev–Trinajstić information content (AvgIpc) is 2.54. The second kappa shape index (κ2) is 7.21. The minimum atomic E-state index is 0.366. The Morgan fingerprint density at radius 2 is 1.75 bits per heavy atom. The minimum Gasteiger partial charge on any atom is -0.339 e. The van der Waals surface area contributed by atoms with E-state index in [9.17, 15) is 0 Å². The molecule has 0 radical (unpaired) electrons. The number of halogens is 3. The number of rotatable bonds is 4. The molecule has 3 rings (SSSR count). The maximum atomic E-state index is 6.01. The van der Waals surface area contributed by atoms with E-state index in [4.69, 9.17) is 34.8 Å². The van der Waals surface area contributed by atoms with E-state index in [1.807, 2.05) is 19.1 Å². The summed E-state index contributed by atoms with van der Waals surface area (Å²) >= 11 is 17.9. The first-order chi connectivity index (χ1) is 11.5. The Labute approximate surface area is 154 Å². The van der Waals surface area contributed by atoms with Gasteiger partial charge in [0.15, 0.2) is 5.82 Å². The van der Waals surface area contributed by atoms with Crippen molar-refractivity contribution in [2.75, 3.05) is 10.6 Å². The summed E-state index contributed by atoms with van der Waals surface area (Å²) in [6, 6.07) is 10.7. The number of aryl methyl sites for hydroxylation is 1. The molecule has 1 heterocycles. The van der Waals surface area contributed by atoms with E-state index in [0.29, 0.717) is 26.8 Å². The summed E-state index contributed by atoms with van der Waals surface area (Å²) < 4.78 is 0. The molecule has 0 unspecified atom stereocenters. The van der Waals surface area contributed by atoms with Crippen LogP contribution in [0, 0.1) is 6.92 Å². The Kier molecular flexibility index (Phi) is 5.04. The van der Waals surface area contributed by atoms with Gasteiger partial charge < -0.3 is 10.6 Å². The molecule has 0 saturated heterocycles. The molecule has 0 fully saturated rings. The number of hydrogen-bond donors (Lipinski definition) is 2. The summed E-state index contributed by atoms with van der Waals surface area (Å²) in [5.41, 5.74) is 2.58.